The third kappa shape index (κ3) is 4.99. The molecule has 8 heteroatoms. The van der Waals surface area contributed by atoms with Crippen molar-refractivity contribution in [2.75, 3.05) is 0 Å². The molecule has 0 aliphatic rings. The second-order valence-corrected chi connectivity index (χ2v) is 9.26. The predicted octanol–water partition coefficient (Wildman–Crippen LogP) is 4.93. The number of nitrogens with zero attached hydrogens (tertiary/aromatic N) is 5. The number of rotatable bonds is 9. The molecular weight excluding hydrogens is 452 g/mol. The van der Waals surface area contributed by atoms with Gasteiger partial charge in [0, 0.05) is 29.6 Å². The number of fused-ring (bicyclic) bond motifs is 1. The Morgan fingerprint density at radius 1 is 1.06 bits per heavy atom. The number of nitrogens with one attached hydrogen (secondary N) is 1. The average molecular weight is 483 g/mol. The van der Waals surface area contributed by atoms with Crippen molar-refractivity contribution in [1.29, 1.82) is 0 Å². The highest BCUT2D eigenvalue weighted by atomic mass is 16.3. The zero-order valence-electron chi connectivity index (χ0n) is 20.8. The summed E-state index contributed by atoms with van der Waals surface area (Å²) in [7, 11) is 0. The van der Waals surface area contributed by atoms with Crippen LogP contribution in [0.5, 0.6) is 0 Å². The summed E-state index contributed by atoms with van der Waals surface area (Å²) in [5, 5.41) is 13.7. The summed E-state index contributed by atoms with van der Waals surface area (Å²) in [5.74, 6) is 1.53. The molecule has 5 rings (SSSR count). The van der Waals surface area contributed by atoms with Crippen LogP contribution < -0.4 is 5.56 Å². The lowest BCUT2D eigenvalue weighted by Gasteiger charge is -2.30. The van der Waals surface area contributed by atoms with Gasteiger partial charge in [-0.1, -0.05) is 43.3 Å². The molecule has 0 unspecified atom stereocenters. The van der Waals surface area contributed by atoms with Crippen LogP contribution in [0.4, 0.5) is 0 Å². The lowest BCUT2D eigenvalue weighted by molar-refractivity contribution is 0.161. The minimum atomic E-state index is -0.107. The van der Waals surface area contributed by atoms with Crippen LogP contribution >= 0.6 is 0 Å². The zero-order valence-corrected chi connectivity index (χ0v) is 20.8. The van der Waals surface area contributed by atoms with E-state index in [1.807, 2.05) is 49.4 Å². The smallest absolute Gasteiger partial charge is 0.252 e. The molecule has 0 bridgehead atoms. The fraction of sp³-hybridized carbons (Fsp3) is 0.286. The largest absolute Gasteiger partial charge is 0.467 e. The highest BCUT2D eigenvalue weighted by Crippen LogP contribution is 2.27. The summed E-state index contributed by atoms with van der Waals surface area (Å²) in [6.45, 7) is 7.79. The van der Waals surface area contributed by atoms with Gasteiger partial charge >= 0.3 is 0 Å². The Bertz CT molecular complexity index is 1500. The second kappa shape index (κ2) is 10.3. The number of aryl methyl sites for hydroxylation is 2. The minimum Gasteiger partial charge on any atom is -0.467 e. The van der Waals surface area contributed by atoms with Gasteiger partial charge in [-0.2, -0.15) is 0 Å². The molecule has 0 saturated heterocycles. The molecule has 1 atom stereocenters. The molecule has 3 heterocycles. The van der Waals surface area contributed by atoms with Gasteiger partial charge in [0.05, 0.1) is 12.3 Å². The molecule has 0 amide bonds. The molecule has 36 heavy (non-hydrogen) atoms. The maximum absolute atomic E-state index is 13.2. The first kappa shape index (κ1) is 23.7. The molecule has 0 spiro atoms. The highest BCUT2D eigenvalue weighted by molar-refractivity contribution is 5.83. The Labute approximate surface area is 209 Å². The quantitative estimate of drug-likeness (QED) is 0.320. The van der Waals surface area contributed by atoms with Crippen LogP contribution in [0.25, 0.3) is 10.9 Å². The maximum atomic E-state index is 13.2. The van der Waals surface area contributed by atoms with E-state index in [1.165, 1.54) is 0 Å². The van der Waals surface area contributed by atoms with Crippen LogP contribution in [0.1, 0.15) is 53.2 Å². The highest BCUT2D eigenvalue weighted by Gasteiger charge is 2.26. The van der Waals surface area contributed by atoms with E-state index in [0.29, 0.717) is 25.2 Å². The van der Waals surface area contributed by atoms with Crippen molar-refractivity contribution in [2.24, 2.45) is 0 Å². The number of tetrazole rings is 1. The molecule has 1 N–H and O–H groups in total. The third-order valence-corrected chi connectivity index (χ3v) is 6.56. The van der Waals surface area contributed by atoms with Crippen molar-refractivity contribution in [1.82, 2.24) is 30.1 Å². The first-order valence-electron chi connectivity index (χ1n) is 12.2. The number of hydrogen-bond donors (Lipinski definition) is 1. The maximum Gasteiger partial charge on any atom is 0.252 e. The van der Waals surface area contributed by atoms with Crippen molar-refractivity contribution in [2.45, 2.75) is 52.9 Å². The Morgan fingerprint density at radius 3 is 2.64 bits per heavy atom. The summed E-state index contributed by atoms with van der Waals surface area (Å²) < 4.78 is 7.31. The third-order valence-electron chi connectivity index (χ3n) is 6.56. The number of pyridine rings is 1. The van der Waals surface area contributed by atoms with Gasteiger partial charge in [0.15, 0.2) is 5.82 Å². The number of aromatic amines is 1. The molecule has 0 radical (unpaired) electrons. The number of hydrogen-bond acceptors (Lipinski definition) is 6. The zero-order chi connectivity index (χ0) is 25.1. The molecule has 3 aromatic heterocycles. The molecule has 8 nitrogen and oxygen atoms in total. The van der Waals surface area contributed by atoms with Gasteiger partial charge in [-0.05, 0) is 71.7 Å². The van der Waals surface area contributed by atoms with Crippen LogP contribution in [0, 0.1) is 13.8 Å². The van der Waals surface area contributed by atoms with Crippen molar-refractivity contribution in [3.8, 4) is 0 Å². The lowest BCUT2D eigenvalue weighted by Crippen LogP contribution is -2.32. The Kier molecular flexibility index (Phi) is 6.77. The summed E-state index contributed by atoms with van der Waals surface area (Å²) >= 11 is 0. The van der Waals surface area contributed by atoms with Gasteiger partial charge in [0.1, 0.15) is 12.3 Å². The van der Waals surface area contributed by atoms with E-state index in [4.69, 9.17) is 4.42 Å². The first-order chi connectivity index (χ1) is 17.5. The predicted molar refractivity (Wildman–Crippen MR) is 138 cm³/mol. The number of H-pyrrole nitrogens is 1. The standard InChI is InChI=1S/C28H30N6O2/c1-4-26(27-30-31-32-34(27)18-23-11-8-12-36-23)33(16-21-9-6-5-7-10-21)17-22-15-24-20(3)13-19(2)14-25(24)29-28(22)35/h5-15,26H,4,16-18H2,1-3H3,(H,29,35)/t26-/m0/s1. The van der Waals surface area contributed by atoms with Crippen molar-refractivity contribution >= 4 is 10.9 Å². The van der Waals surface area contributed by atoms with E-state index in [9.17, 15) is 4.79 Å². The average Bonchev–Trinajstić information content (AvgIpc) is 3.54. The van der Waals surface area contributed by atoms with Gasteiger partial charge in [0.2, 0.25) is 0 Å². The molecule has 184 valence electrons. The van der Waals surface area contributed by atoms with Crippen molar-refractivity contribution in [3.05, 3.63) is 111 Å². The number of aromatic nitrogens is 5. The van der Waals surface area contributed by atoms with Crippen LogP contribution in [0.3, 0.4) is 0 Å². The SMILES string of the molecule is CC[C@@H](c1nnnn1Cc1ccco1)N(Cc1ccccc1)Cc1cc2c(C)cc(C)cc2[nH]c1=O. The fourth-order valence-electron chi connectivity index (χ4n) is 4.86. The molecule has 0 fully saturated rings. The molecule has 2 aromatic carbocycles. The Hall–Kier alpha value is -4.04. The van der Waals surface area contributed by atoms with Gasteiger partial charge in [-0.25, -0.2) is 4.68 Å². The van der Waals surface area contributed by atoms with Crippen LogP contribution in [0.2, 0.25) is 0 Å². The van der Waals surface area contributed by atoms with Crippen LogP contribution in [-0.2, 0) is 19.6 Å². The fourth-order valence-corrected chi connectivity index (χ4v) is 4.86. The van der Waals surface area contributed by atoms with Gasteiger partial charge in [0.25, 0.3) is 5.56 Å². The monoisotopic (exact) mass is 482 g/mol. The summed E-state index contributed by atoms with van der Waals surface area (Å²) in [4.78, 5) is 18.6. The number of furan rings is 1. The Morgan fingerprint density at radius 2 is 1.89 bits per heavy atom. The lowest BCUT2D eigenvalue weighted by atomic mass is 10.0. The van der Waals surface area contributed by atoms with Crippen molar-refractivity contribution in [3.63, 3.8) is 0 Å². The summed E-state index contributed by atoms with van der Waals surface area (Å²) in [5.41, 5.74) is 4.94. The Balaban J connectivity index is 1.53. The second-order valence-electron chi connectivity index (χ2n) is 9.26. The van der Waals surface area contributed by atoms with Gasteiger partial charge < -0.3 is 9.40 Å². The van der Waals surface area contributed by atoms with Gasteiger partial charge in [-0.15, -0.1) is 5.10 Å². The van der Waals surface area contributed by atoms with E-state index < -0.39 is 0 Å². The molecule has 5 aromatic rings. The molecule has 0 aliphatic carbocycles. The van der Waals surface area contributed by atoms with E-state index in [-0.39, 0.29) is 11.6 Å². The first-order valence-corrected chi connectivity index (χ1v) is 12.2. The van der Waals surface area contributed by atoms with Crippen molar-refractivity contribution < 1.29 is 4.42 Å². The molecule has 0 aliphatic heterocycles. The minimum absolute atomic E-state index is 0.0735. The summed E-state index contributed by atoms with van der Waals surface area (Å²) in [6, 6.07) is 20.1. The van der Waals surface area contributed by atoms with E-state index in [0.717, 1.165) is 45.6 Å². The van der Waals surface area contributed by atoms with Crippen LogP contribution in [0.15, 0.2) is 76.1 Å². The molecule has 0 saturated carbocycles. The topological polar surface area (TPSA) is 92.8 Å². The summed E-state index contributed by atoms with van der Waals surface area (Å²) in [6.07, 6.45) is 2.42. The van der Waals surface area contributed by atoms with E-state index in [1.54, 1.807) is 10.9 Å². The normalized spacial score (nSPS) is 12.4. The van der Waals surface area contributed by atoms with Crippen LogP contribution in [-0.4, -0.2) is 30.1 Å². The van der Waals surface area contributed by atoms with E-state index in [2.05, 4.69) is 57.5 Å². The van der Waals surface area contributed by atoms with Gasteiger partial charge in [-0.3, -0.25) is 9.69 Å². The number of benzene rings is 2. The van der Waals surface area contributed by atoms with E-state index >= 15 is 0 Å². The molecular formula is C28H30N6O2.